The number of carbonyl (C=O) groups is 1. The van der Waals surface area contributed by atoms with Crippen LogP contribution in [0.25, 0.3) is 0 Å². The Bertz CT molecular complexity index is 1060. The molecule has 8 nitrogen and oxygen atoms in total. The number of amides is 1. The first kappa shape index (κ1) is 24.6. The maximum atomic E-state index is 13.4. The summed E-state index contributed by atoms with van der Waals surface area (Å²) in [5, 5.41) is 3.76. The molecule has 3 aliphatic heterocycles. The van der Waals surface area contributed by atoms with Gasteiger partial charge in [0.25, 0.3) is 5.91 Å². The van der Waals surface area contributed by atoms with Crippen LogP contribution in [0.3, 0.4) is 0 Å². The number of anilines is 1. The van der Waals surface area contributed by atoms with Gasteiger partial charge in [-0.2, -0.15) is 0 Å². The van der Waals surface area contributed by atoms with Gasteiger partial charge < -0.3 is 24.6 Å². The minimum atomic E-state index is 0.00517. The van der Waals surface area contributed by atoms with Gasteiger partial charge in [-0.15, -0.1) is 0 Å². The van der Waals surface area contributed by atoms with E-state index in [1.807, 2.05) is 11.8 Å². The van der Waals surface area contributed by atoms with Gasteiger partial charge in [0.2, 0.25) is 0 Å². The SMILES string of the molecule is CO[C@@H]1COCC[C@@H]1NC1CCN(C(=O)c2ncnc(N3CCc4ccc(Br)cc4C3)c2C)CC1. The molecular weight excluding hydrogens is 510 g/mol. The molecule has 0 unspecified atom stereocenters. The first-order valence-electron chi connectivity index (χ1n) is 12.5. The molecule has 3 aliphatic rings. The zero-order chi connectivity index (χ0) is 24.4. The quantitative estimate of drug-likeness (QED) is 0.620. The summed E-state index contributed by atoms with van der Waals surface area (Å²) in [6, 6.07) is 7.16. The van der Waals surface area contributed by atoms with Gasteiger partial charge in [0.05, 0.1) is 12.7 Å². The molecule has 0 spiro atoms. The van der Waals surface area contributed by atoms with E-state index in [-0.39, 0.29) is 12.0 Å². The van der Waals surface area contributed by atoms with Gasteiger partial charge in [0, 0.05) is 62.0 Å². The average Bonchev–Trinajstić information content (AvgIpc) is 2.89. The van der Waals surface area contributed by atoms with Crippen molar-refractivity contribution in [2.45, 2.75) is 57.3 Å². The van der Waals surface area contributed by atoms with Gasteiger partial charge >= 0.3 is 0 Å². The van der Waals surface area contributed by atoms with Crippen molar-refractivity contribution < 1.29 is 14.3 Å². The normalized spacial score (nSPS) is 23.3. The standard InChI is InChI=1S/C26H34BrN5O3/c1-17-24(28-16-29-25(17)32-9-5-18-3-4-20(27)13-19(18)14-32)26(33)31-10-6-21(7-11-31)30-22-8-12-35-15-23(22)34-2/h3-4,13,16,21-23,30H,5-12,14-15H2,1-2H3/t22-,23+/m0/s1. The Morgan fingerprint density at radius 3 is 2.80 bits per heavy atom. The van der Waals surface area contributed by atoms with Crippen molar-refractivity contribution in [3.8, 4) is 0 Å². The summed E-state index contributed by atoms with van der Waals surface area (Å²) in [5.41, 5.74) is 4.06. The number of aromatic nitrogens is 2. The van der Waals surface area contributed by atoms with E-state index in [9.17, 15) is 4.79 Å². The molecule has 0 saturated carbocycles. The number of carbonyl (C=O) groups excluding carboxylic acids is 1. The summed E-state index contributed by atoms with van der Waals surface area (Å²) < 4.78 is 12.2. The van der Waals surface area contributed by atoms with Crippen LogP contribution < -0.4 is 10.2 Å². The predicted molar refractivity (Wildman–Crippen MR) is 138 cm³/mol. The van der Waals surface area contributed by atoms with Gasteiger partial charge in [0.15, 0.2) is 0 Å². The van der Waals surface area contributed by atoms with Crippen LogP contribution in [0.1, 0.15) is 46.4 Å². The number of fused-ring (bicyclic) bond motifs is 1. The lowest BCUT2D eigenvalue weighted by atomic mass is 9.99. The van der Waals surface area contributed by atoms with Gasteiger partial charge in [-0.05, 0) is 55.9 Å². The maximum Gasteiger partial charge on any atom is 0.272 e. The molecule has 5 rings (SSSR count). The first-order valence-corrected chi connectivity index (χ1v) is 13.3. The third kappa shape index (κ3) is 5.38. The molecule has 9 heteroatoms. The number of benzene rings is 1. The second-order valence-electron chi connectivity index (χ2n) is 9.73. The third-order valence-corrected chi connectivity index (χ3v) is 8.07. The smallest absolute Gasteiger partial charge is 0.272 e. The average molecular weight is 544 g/mol. The third-order valence-electron chi connectivity index (χ3n) is 7.58. The van der Waals surface area contributed by atoms with Crippen molar-refractivity contribution >= 4 is 27.7 Å². The molecule has 0 radical (unpaired) electrons. The zero-order valence-corrected chi connectivity index (χ0v) is 22.1. The lowest BCUT2D eigenvalue weighted by Gasteiger charge is -2.38. The molecular formula is C26H34BrN5O3. The van der Waals surface area contributed by atoms with Crippen LogP contribution in [0.15, 0.2) is 29.0 Å². The fourth-order valence-electron chi connectivity index (χ4n) is 5.52. The Hall–Kier alpha value is -2.07. The van der Waals surface area contributed by atoms with Crippen LogP contribution in [0.5, 0.6) is 0 Å². The Morgan fingerprint density at radius 2 is 2.00 bits per heavy atom. The fraction of sp³-hybridized carbons (Fsp3) is 0.577. The van der Waals surface area contributed by atoms with Crippen molar-refractivity contribution in [1.29, 1.82) is 0 Å². The van der Waals surface area contributed by atoms with Crippen molar-refractivity contribution in [2.75, 3.05) is 44.9 Å². The molecule has 4 heterocycles. The molecule has 2 atom stereocenters. The summed E-state index contributed by atoms with van der Waals surface area (Å²) in [4.78, 5) is 26.6. The van der Waals surface area contributed by atoms with Crippen LogP contribution in [-0.2, 0) is 22.4 Å². The second kappa shape index (κ2) is 10.9. The molecule has 1 N–H and O–H groups in total. The summed E-state index contributed by atoms with van der Waals surface area (Å²) in [5.74, 6) is 0.862. The minimum Gasteiger partial charge on any atom is -0.379 e. The summed E-state index contributed by atoms with van der Waals surface area (Å²) in [7, 11) is 1.75. The number of piperidine rings is 1. The highest BCUT2D eigenvalue weighted by atomic mass is 79.9. The number of halogens is 1. The number of ether oxygens (including phenoxy) is 2. The van der Waals surface area contributed by atoms with Gasteiger partial charge in [-0.3, -0.25) is 4.79 Å². The first-order chi connectivity index (χ1) is 17.0. The monoisotopic (exact) mass is 543 g/mol. The van der Waals surface area contributed by atoms with Crippen LogP contribution >= 0.6 is 15.9 Å². The van der Waals surface area contributed by atoms with E-state index in [0.717, 1.165) is 74.3 Å². The number of hydrogen-bond donors (Lipinski definition) is 1. The number of likely N-dealkylation sites (tertiary alicyclic amines) is 1. The van der Waals surface area contributed by atoms with E-state index in [1.54, 1.807) is 7.11 Å². The summed E-state index contributed by atoms with van der Waals surface area (Å²) in [6.45, 7) is 6.49. The van der Waals surface area contributed by atoms with Crippen LogP contribution in [0.4, 0.5) is 5.82 Å². The van der Waals surface area contributed by atoms with Crippen molar-refractivity contribution in [3.63, 3.8) is 0 Å². The van der Waals surface area contributed by atoms with E-state index >= 15 is 0 Å². The Kier molecular flexibility index (Phi) is 7.67. The number of rotatable bonds is 5. The highest BCUT2D eigenvalue weighted by molar-refractivity contribution is 9.10. The Morgan fingerprint density at radius 1 is 1.17 bits per heavy atom. The number of nitrogens with one attached hydrogen (secondary N) is 1. The van der Waals surface area contributed by atoms with Crippen molar-refractivity contribution in [1.82, 2.24) is 20.2 Å². The van der Waals surface area contributed by atoms with Crippen LogP contribution in [-0.4, -0.2) is 78.9 Å². The van der Waals surface area contributed by atoms with E-state index in [4.69, 9.17) is 9.47 Å². The molecule has 1 amide bonds. The van der Waals surface area contributed by atoms with Gasteiger partial charge in [-0.1, -0.05) is 22.0 Å². The number of nitrogens with zero attached hydrogens (tertiary/aromatic N) is 4. The van der Waals surface area contributed by atoms with Crippen LogP contribution in [0.2, 0.25) is 0 Å². The molecule has 35 heavy (non-hydrogen) atoms. The zero-order valence-electron chi connectivity index (χ0n) is 20.5. The van der Waals surface area contributed by atoms with Crippen molar-refractivity contribution in [3.05, 3.63) is 51.4 Å². The summed E-state index contributed by atoms with van der Waals surface area (Å²) in [6.07, 6.45) is 5.40. The second-order valence-corrected chi connectivity index (χ2v) is 10.6. The molecule has 0 bridgehead atoms. The highest BCUT2D eigenvalue weighted by Crippen LogP contribution is 2.29. The predicted octanol–water partition coefficient (Wildman–Crippen LogP) is 3.11. The highest BCUT2D eigenvalue weighted by Gasteiger charge is 2.31. The molecule has 2 aromatic rings. The minimum absolute atomic E-state index is 0.00517. The molecule has 1 aromatic carbocycles. The lowest BCUT2D eigenvalue weighted by Crippen LogP contribution is -2.54. The Labute approximate surface area is 215 Å². The molecule has 188 valence electrons. The fourth-order valence-corrected chi connectivity index (χ4v) is 5.93. The lowest BCUT2D eigenvalue weighted by molar-refractivity contribution is -0.0533. The number of hydrogen-bond acceptors (Lipinski definition) is 7. The van der Waals surface area contributed by atoms with Gasteiger partial charge in [0.1, 0.15) is 17.8 Å². The Balaban J connectivity index is 1.23. The van der Waals surface area contributed by atoms with E-state index < -0.39 is 0 Å². The molecule has 1 aromatic heterocycles. The van der Waals surface area contributed by atoms with Crippen LogP contribution in [0, 0.1) is 6.92 Å². The largest absolute Gasteiger partial charge is 0.379 e. The molecule has 2 fully saturated rings. The maximum absolute atomic E-state index is 13.4. The van der Waals surface area contributed by atoms with Gasteiger partial charge in [-0.25, -0.2) is 9.97 Å². The van der Waals surface area contributed by atoms with E-state index in [2.05, 4.69) is 54.3 Å². The van der Waals surface area contributed by atoms with E-state index in [0.29, 0.717) is 24.4 Å². The van der Waals surface area contributed by atoms with E-state index in [1.165, 1.54) is 17.5 Å². The van der Waals surface area contributed by atoms with Crippen molar-refractivity contribution in [2.24, 2.45) is 0 Å². The number of methoxy groups -OCH3 is 1. The molecule has 0 aliphatic carbocycles. The topological polar surface area (TPSA) is 79.8 Å². The molecule has 2 saturated heterocycles. The summed E-state index contributed by atoms with van der Waals surface area (Å²) >= 11 is 3.58.